The number of amides is 1. The lowest BCUT2D eigenvalue weighted by atomic mass is 9.80. The fourth-order valence-corrected chi connectivity index (χ4v) is 4.68. The minimum Gasteiger partial charge on any atom is -0.444 e. The van der Waals surface area contributed by atoms with Crippen LogP contribution in [0.4, 0.5) is 10.5 Å². The second-order valence-corrected chi connectivity index (χ2v) is 11.2. The van der Waals surface area contributed by atoms with Crippen LogP contribution in [0.25, 0.3) is 22.3 Å². The Morgan fingerprint density at radius 1 is 1.27 bits per heavy atom. The topological polar surface area (TPSA) is 134 Å². The summed E-state index contributed by atoms with van der Waals surface area (Å²) in [5, 5.41) is 29.8. The molecular weight excluding hydrogens is 472 g/mol. The van der Waals surface area contributed by atoms with E-state index in [0.29, 0.717) is 24.4 Å². The fraction of sp³-hybridized carbons (Fsp3) is 0.556. The third-order valence-electron chi connectivity index (χ3n) is 6.83. The molecule has 0 radical (unpaired) electrons. The molecule has 37 heavy (non-hydrogen) atoms. The first kappa shape index (κ1) is 25.4. The van der Waals surface area contributed by atoms with Crippen LogP contribution in [0.2, 0.25) is 0 Å². The van der Waals surface area contributed by atoms with E-state index in [4.69, 9.17) is 24.9 Å². The van der Waals surface area contributed by atoms with Crippen LogP contribution in [0.3, 0.4) is 0 Å². The Balaban J connectivity index is 1.28. The molecular formula is C27H36N6O4. The van der Waals surface area contributed by atoms with E-state index >= 15 is 0 Å². The van der Waals surface area contributed by atoms with Gasteiger partial charge in [-0.15, -0.1) is 0 Å². The quantitative estimate of drug-likeness (QED) is 0.344. The fourth-order valence-electron chi connectivity index (χ4n) is 4.68. The van der Waals surface area contributed by atoms with Crippen LogP contribution < -0.4 is 10.6 Å². The van der Waals surface area contributed by atoms with Crippen molar-refractivity contribution in [3.05, 3.63) is 36.3 Å². The van der Waals surface area contributed by atoms with Gasteiger partial charge in [0, 0.05) is 30.8 Å². The van der Waals surface area contributed by atoms with Crippen molar-refractivity contribution in [3.8, 4) is 11.3 Å². The van der Waals surface area contributed by atoms with Crippen molar-refractivity contribution in [2.75, 3.05) is 25.0 Å². The molecule has 5 rings (SSSR count). The number of alkyl carbamates (subject to hydrolysis) is 1. The number of benzene rings is 1. The van der Waals surface area contributed by atoms with Gasteiger partial charge in [0.15, 0.2) is 0 Å². The van der Waals surface area contributed by atoms with Gasteiger partial charge >= 0.3 is 6.09 Å². The molecule has 2 aliphatic carbocycles. The average Bonchev–Trinajstić information content (AvgIpc) is 3.58. The first-order chi connectivity index (χ1) is 17.7. The largest absolute Gasteiger partial charge is 0.444 e. The molecule has 2 heterocycles. The van der Waals surface area contributed by atoms with Crippen LogP contribution in [-0.4, -0.2) is 67.5 Å². The molecule has 2 fully saturated rings. The van der Waals surface area contributed by atoms with Gasteiger partial charge in [0.05, 0.1) is 47.5 Å². The summed E-state index contributed by atoms with van der Waals surface area (Å²) in [6.45, 7) is 6.12. The molecule has 10 heteroatoms. The Hall–Kier alpha value is -3.24. The predicted molar refractivity (Wildman–Crippen MR) is 140 cm³/mol. The molecule has 0 spiro atoms. The van der Waals surface area contributed by atoms with Crippen molar-refractivity contribution in [3.63, 3.8) is 0 Å². The molecule has 2 aromatic heterocycles. The molecule has 0 bridgehead atoms. The van der Waals surface area contributed by atoms with Gasteiger partial charge in [-0.25, -0.2) is 9.78 Å². The van der Waals surface area contributed by atoms with E-state index in [9.17, 15) is 9.90 Å². The number of rotatable bonds is 9. The van der Waals surface area contributed by atoms with Gasteiger partial charge < -0.3 is 25.6 Å². The highest BCUT2D eigenvalue weighted by Crippen LogP contribution is 2.45. The highest BCUT2D eigenvalue weighted by Gasteiger charge is 2.35. The van der Waals surface area contributed by atoms with Gasteiger partial charge in [-0.2, -0.15) is 5.10 Å². The summed E-state index contributed by atoms with van der Waals surface area (Å²) >= 11 is 0. The summed E-state index contributed by atoms with van der Waals surface area (Å²) in [4.78, 5) is 21.5. The van der Waals surface area contributed by atoms with Crippen LogP contribution >= 0.6 is 0 Å². The average molecular weight is 509 g/mol. The van der Waals surface area contributed by atoms with Crippen LogP contribution in [0, 0.1) is 5.92 Å². The third-order valence-corrected chi connectivity index (χ3v) is 6.83. The number of carbonyl (C=O) groups excluding carboxylic acids is 1. The summed E-state index contributed by atoms with van der Waals surface area (Å²) < 4.78 is 7.41. The number of nitrogens with zero attached hydrogens (tertiary/aromatic N) is 4. The lowest BCUT2D eigenvalue weighted by Crippen LogP contribution is -2.39. The number of carbonyl (C=O) groups is 1. The number of hydrogen-bond acceptors (Lipinski definition) is 8. The number of aliphatic hydroxyl groups is 2. The van der Waals surface area contributed by atoms with Crippen molar-refractivity contribution in [1.82, 2.24) is 25.1 Å². The lowest BCUT2D eigenvalue weighted by molar-refractivity contribution is 0.0498. The maximum absolute atomic E-state index is 11.9. The molecule has 1 atom stereocenters. The van der Waals surface area contributed by atoms with Crippen molar-refractivity contribution < 1.29 is 19.7 Å². The van der Waals surface area contributed by atoms with E-state index in [1.165, 1.54) is 0 Å². The third kappa shape index (κ3) is 6.02. The first-order valence-corrected chi connectivity index (χ1v) is 13.0. The van der Waals surface area contributed by atoms with Crippen LogP contribution in [0.1, 0.15) is 64.1 Å². The van der Waals surface area contributed by atoms with Crippen molar-refractivity contribution >= 4 is 22.8 Å². The number of hydrogen-bond donors (Lipinski definition) is 4. The monoisotopic (exact) mass is 508 g/mol. The van der Waals surface area contributed by atoms with E-state index in [-0.39, 0.29) is 19.2 Å². The second-order valence-electron chi connectivity index (χ2n) is 11.2. The Bertz CT molecular complexity index is 1260. The Morgan fingerprint density at radius 3 is 2.76 bits per heavy atom. The van der Waals surface area contributed by atoms with Crippen molar-refractivity contribution in [2.24, 2.45) is 5.92 Å². The van der Waals surface area contributed by atoms with Crippen LogP contribution in [0.15, 0.2) is 30.6 Å². The molecule has 0 saturated heterocycles. The highest BCUT2D eigenvalue weighted by atomic mass is 16.6. The molecule has 1 aromatic carbocycles. The number of para-hydroxylation sites is 1. The van der Waals surface area contributed by atoms with E-state index in [2.05, 4.69) is 21.5 Å². The van der Waals surface area contributed by atoms with Gasteiger partial charge in [-0.3, -0.25) is 9.67 Å². The van der Waals surface area contributed by atoms with Gasteiger partial charge in [0.25, 0.3) is 0 Å². The Labute approximate surface area is 216 Å². The first-order valence-electron chi connectivity index (χ1n) is 13.0. The molecule has 1 amide bonds. The van der Waals surface area contributed by atoms with E-state index < -0.39 is 11.7 Å². The minimum atomic E-state index is -0.839. The summed E-state index contributed by atoms with van der Waals surface area (Å²) in [7, 11) is 0. The zero-order valence-corrected chi connectivity index (χ0v) is 21.6. The van der Waals surface area contributed by atoms with Gasteiger partial charge in [0.2, 0.25) is 0 Å². The number of anilines is 1. The molecule has 4 N–H and O–H groups in total. The Kier molecular flexibility index (Phi) is 7.04. The number of fused-ring (bicyclic) bond motifs is 1. The molecule has 198 valence electrons. The molecule has 0 aliphatic heterocycles. The number of aliphatic hydroxyl groups excluding tert-OH is 2. The summed E-state index contributed by atoms with van der Waals surface area (Å²) in [6.07, 6.45) is 6.87. The van der Waals surface area contributed by atoms with Crippen LogP contribution in [-0.2, 0) is 4.74 Å². The van der Waals surface area contributed by atoms with E-state index in [1.54, 1.807) is 6.20 Å². The number of nitrogens with one attached hydrogen (secondary N) is 2. The maximum Gasteiger partial charge on any atom is 0.407 e. The van der Waals surface area contributed by atoms with Crippen molar-refractivity contribution in [2.45, 2.75) is 70.1 Å². The Morgan fingerprint density at radius 2 is 2.05 bits per heavy atom. The summed E-state index contributed by atoms with van der Waals surface area (Å²) in [5.74, 6) is 0.872. The van der Waals surface area contributed by atoms with E-state index in [0.717, 1.165) is 59.4 Å². The molecule has 3 aromatic rings. The van der Waals surface area contributed by atoms with Crippen LogP contribution in [0.5, 0.6) is 0 Å². The normalized spacial score (nSPS) is 20.4. The summed E-state index contributed by atoms with van der Waals surface area (Å²) in [6, 6.07) is 6.02. The lowest BCUT2D eigenvalue weighted by Gasteiger charge is -2.35. The molecule has 2 aliphatic rings. The molecule has 1 unspecified atom stereocenters. The van der Waals surface area contributed by atoms with Gasteiger partial charge in [-0.05, 0) is 64.5 Å². The summed E-state index contributed by atoms with van der Waals surface area (Å²) in [5.41, 5.74) is 4.66. The van der Waals surface area contributed by atoms with Gasteiger partial charge in [-0.1, -0.05) is 6.07 Å². The maximum atomic E-state index is 11.9. The minimum absolute atomic E-state index is 0.229. The number of ether oxygens (including phenoxy) is 1. The second kappa shape index (κ2) is 10.3. The zero-order chi connectivity index (χ0) is 26.2. The number of aromatic nitrogens is 4. The SMILES string of the molecule is CC(C)(C)OC(=O)NC[C@H]1C[C@H](n2cc(-c3cnc4c(NCC(O)CO)cccc4n3)c(C3CC3)n2)C1. The molecule has 2 saturated carbocycles. The standard InChI is InChI=1S/C27H36N6O4/c1-27(2,3)37-26(36)30-11-16-9-18(10-16)33-14-20(24(32-33)17-7-8-17)23-13-29-25-21(28-12-19(35)15-34)5-4-6-22(25)31-23/h4-6,13-14,16-19,28,34-35H,7-12,15H2,1-3H3,(H,30,36)/t16-,18-,19?. The highest BCUT2D eigenvalue weighted by molar-refractivity contribution is 5.88. The van der Waals surface area contributed by atoms with Gasteiger partial charge in [0.1, 0.15) is 11.1 Å². The predicted octanol–water partition coefficient (Wildman–Crippen LogP) is 3.61. The smallest absolute Gasteiger partial charge is 0.407 e. The van der Waals surface area contributed by atoms with E-state index in [1.807, 2.05) is 39.0 Å². The van der Waals surface area contributed by atoms with Crippen molar-refractivity contribution in [1.29, 1.82) is 0 Å². The molecule has 10 nitrogen and oxygen atoms in total. The zero-order valence-electron chi connectivity index (χ0n) is 21.6.